The molecule has 1 saturated carbocycles. The molecule has 1 fully saturated rings. The summed E-state index contributed by atoms with van der Waals surface area (Å²) < 4.78 is 51.5. The maximum Gasteiger partial charge on any atom is 0.294 e. The van der Waals surface area contributed by atoms with Gasteiger partial charge in [0.25, 0.3) is 11.8 Å². The minimum absolute atomic E-state index is 0.0686. The van der Waals surface area contributed by atoms with Crippen molar-refractivity contribution in [2.75, 3.05) is 20.8 Å². The highest BCUT2D eigenvalue weighted by molar-refractivity contribution is 6.06. The summed E-state index contributed by atoms with van der Waals surface area (Å²) >= 11 is 0. The van der Waals surface area contributed by atoms with Crippen LogP contribution in [0.5, 0.6) is 11.5 Å². The lowest BCUT2D eigenvalue weighted by Gasteiger charge is -2.48. The van der Waals surface area contributed by atoms with E-state index in [1.54, 1.807) is 32.2 Å². The van der Waals surface area contributed by atoms with Crippen LogP contribution in [0.4, 0.5) is 8.78 Å². The van der Waals surface area contributed by atoms with Gasteiger partial charge in [-0.2, -0.15) is 0 Å². The van der Waals surface area contributed by atoms with E-state index in [0.717, 1.165) is 18.9 Å². The third kappa shape index (κ3) is 5.71. The predicted octanol–water partition coefficient (Wildman–Crippen LogP) is 5.12. The van der Waals surface area contributed by atoms with E-state index in [1.165, 1.54) is 18.1 Å². The zero-order valence-electron chi connectivity index (χ0n) is 26.3. The van der Waals surface area contributed by atoms with Crippen molar-refractivity contribution in [1.29, 1.82) is 0 Å². The van der Waals surface area contributed by atoms with E-state index in [9.17, 15) is 23.2 Å². The minimum Gasteiger partial charge on any atom is -0.496 e. The van der Waals surface area contributed by atoms with Crippen molar-refractivity contribution < 1.29 is 41.8 Å². The predicted molar refractivity (Wildman–Crippen MR) is 161 cm³/mol. The lowest BCUT2D eigenvalue weighted by Crippen LogP contribution is -2.66. The van der Waals surface area contributed by atoms with Crippen LogP contribution >= 0.6 is 0 Å². The molecule has 45 heavy (non-hydrogen) atoms. The number of fused-ring (bicyclic) bond motifs is 3. The number of ether oxygens (including phenoxy) is 3. The van der Waals surface area contributed by atoms with Crippen LogP contribution in [0.15, 0.2) is 34.7 Å². The summed E-state index contributed by atoms with van der Waals surface area (Å²) in [5.74, 6) is -3.55. The van der Waals surface area contributed by atoms with E-state index >= 15 is 0 Å². The molecule has 0 saturated heterocycles. The van der Waals surface area contributed by atoms with Crippen molar-refractivity contribution in [2.45, 2.75) is 83.1 Å². The Labute approximate surface area is 260 Å². The molecule has 2 aromatic carbocycles. The molecule has 1 atom stereocenters. The van der Waals surface area contributed by atoms with Crippen LogP contribution in [0.25, 0.3) is 11.0 Å². The fraction of sp³-hybridized carbons (Fsp3) is 0.485. The molecule has 0 radical (unpaired) electrons. The molecule has 1 unspecified atom stereocenters. The molecule has 3 aromatic rings. The molecule has 3 amide bonds. The number of furan rings is 1. The summed E-state index contributed by atoms with van der Waals surface area (Å²) in [6.07, 6.45) is 2.37. The molecular formula is C33H39F2N3O7. The molecule has 2 heterocycles. The number of carbonyl (C=O) groups excluding carboxylic acids is 3. The van der Waals surface area contributed by atoms with Crippen LogP contribution in [0.2, 0.25) is 0 Å². The Kier molecular flexibility index (Phi) is 8.81. The maximum atomic E-state index is 14.6. The van der Waals surface area contributed by atoms with Crippen molar-refractivity contribution in [3.05, 3.63) is 58.9 Å². The van der Waals surface area contributed by atoms with Gasteiger partial charge in [-0.05, 0) is 69.9 Å². The highest BCUT2D eigenvalue weighted by Gasteiger charge is 2.53. The first-order valence-corrected chi connectivity index (χ1v) is 15.1. The first-order chi connectivity index (χ1) is 21.4. The molecule has 0 bridgehead atoms. The normalized spacial score (nSPS) is 21.4. The number of carbonyl (C=O) groups is 3. The number of hydrogen-bond acceptors (Lipinski definition) is 7. The Morgan fingerprint density at radius 3 is 2.49 bits per heavy atom. The number of methoxy groups -OCH3 is 2. The van der Waals surface area contributed by atoms with Crippen LogP contribution in [-0.4, -0.2) is 66.7 Å². The fourth-order valence-corrected chi connectivity index (χ4v) is 5.86. The molecule has 0 spiro atoms. The van der Waals surface area contributed by atoms with Gasteiger partial charge in [0.05, 0.1) is 24.2 Å². The van der Waals surface area contributed by atoms with Crippen molar-refractivity contribution >= 4 is 28.7 Å². The van der Waals surface area contributed by atoms with Gasteiger partial charge in [0.2, 0.25) is 11.7 Å². The average Bonchev–Trinajstić information content (AvgIpc) is 3.34. The topological polar surface area (TPSA) is 119 Å². The summed E-state index contributed by atoms with van der Waals surface area (Å²) in [6.45, 7) is 6.92. The molecule has 5 rings (SSSR count). The van der Waals surface area contributed by atoms with Crippen molar-refractivity contribution in [1.82, 2.24) is 15.5 Å². The smallest absolute Gasteiger partial charge is 0.294 e. The Hall–Kier alpha value is -4.19. The largest absolute Gasteiger partial charge is 0.496 e. The Morgan fingerprint density at radius 1 is 1.13 bits per heavy atom. The van der Waals surface area contributed by atoms with Crippen LogP contribution < -0.4 is 20.1 Å². The summed E-state index contributed by atoms with van der Waals surface area (Å²) in [5.41, 5.74) is -1.43. The van der Waals surface area contributed by atoms with Gasteiger partial charge in [0.1, 0.15) is 17.9 Å². The fourth-order valence-electron chi connectivity index (χ4n) is 5.86. The zero-order chi connectivity index (χ0) is 32.7. The van der Waals surface area contributed by atoms with Gasteiger partial charge in [-0.3, -0.25) is 14.4 Å². The highest BCUT2D eigenvalue weighted by atomic mass is 19.2. The first kappa shape index (κ1) is 32.2. The summed E-state index contributed by atoms with van der Waals surface area (Å²) in [6, 6.07) is 6.70. The van der Waals surface area contributed by atoms with Crippen LogP contribution in [0, 0.1) is 11.6 Å². The lowest BCUT2D eigenvalue weighted by molar-refractivity contribution is -0.138. The number of nitrogens with zero attached hydrogens (tertiary/aromatic N) is 1. The summed E-state index contributed by atoms with van der Waals surface area (Å²) in [4.78, 5) is 42.6. The monoisotopic (exact) mass is 627 g/mol. The third-order valence-electron chi connectivity index (χ3n) is 9.38. The molecule has 1 aromatic heterocycles. The quantitative estimate of drug-likeness (QED) is 0.321. The maximum absolute atomic E-state index is 14.6. The molecule has 2 aliphatic rings. The van der Waals surface area contributed by atoms with Crippen LogP contribution in [-0.2, 0) is 16.1 Å². The van der Waals surface area contributed by atoms with E-state index < -0.39 is 29.0 Å². The number of benzene rings is 2. The number of hydrogen-bond donors (Lipinski definition) is 2. The van der Waals surface area contributed by atoms with Gasteiger partial charge in [0, 0.05) is 30.8 Å². The standard InChI is InChI=1S/C33H39F2N3O7/c1-7-32(3,8-2)37-29(39)18-9-10-21-25(13-18)45-28-27(21)44-17-33(4,38(30(28)40)19-14-20(15-19)42-5)31(41)36-16-22-24(43-6)12-11-23(34)26(22)35/h9-13,19-20H,7-8,14-17H2,1-6H3,(H,36,41)(H,37,39)/t19-,20+,33?. The number of rotatable bonds is 10. The third-order valence-corrected chi connectivity index (χ3v) is 9.38. The Bertz CT molecular complexity index is 1630. The van der Waals surface area contributed by atoms with E-state index in [1.807, 2.05) is 20.8 Å². The molecule has 10 nitrogen and oxygen atoms in total. The van der Waals surface area contributed by atoms with Gasteiger partial charge in [0.15, 0.2) is 22.9 Å². The number of amides is 3. The van der Waals surface area contributed by atoms with Crippen LogP contribution in [0.3, 0.4) is 0 Å². The second-order valence-electron chi connectivity index (χ2n) is 12.1. The first-order valence-electron chi connectivity index (χ1n) is 15.1. The second-order valence-corrected chi connectivity index (χ2v) is 12.1. The summed E-state index contributed by atoms with van der Waals surface area (Å²) in [5, 5.41) is 6.20. The van der Waals surface area contributed by atoms with Gasteiger partial charge in [-0.1, -0.05) is 13.8 Å². The molecule has 242 valence electrons. The second kappa shape index (κ2) is 12.3. The van der Waals surface area contributed by atoms with Gasteiger partial charge in [-0.15, -0.1) is 0 Å². The van der Waals surface area contributed by atoms with E-state index in [4.69, 9.17) is 18.6 Å². The Morgan fingerprint density at radius 2 is 1.84 bits per heavy atom. The van der Waals surface area contributed by atoms with Gasteiger partial charge >= 0.3 is 0 Å². The van der Waals surface area contributed by atoms with Crippen LogP contribution in [0.1, 0.15) is 79.9 Å². The molecule has 1 aliphatic carbocycles. The lowest BCUT2D eigenvalue weighted by atomic mass is 9.83. The van der Waals surface area contributed by atoms with Crippen molar-refractivity contribution in [3.63, 3.8) is 0 Å². The van der Waals surface area contributed by atoms with Crippen molar-refractivity contribution in [3.8, 4) is 11.5 Å². The zero-order valence-corrected chi connectivity index (χ0v) is 26.3. The van der Waals surface area contributed by atoms with Crippen molar-refractivity contribution in [2.24, 2.45) is 0 Å². The molecule has 1 aliphatic heterocycles. The molecular weight excluding hydrogens is 588 g/mol. The van der Waals surface area contributed by atoms with Gasteiger partial charge < -0.3 is 34.2 Å². The van der Waals surface area contributed by atoms with E-state index in [0.29, 0.717) is 29.4 Å². The van der Waals surface area contributed by atoms with E-state index in [2.05, 4.69) is 10.6 Å². The van der Waals surface area contributed by atoms with Gasteiger partial charge in [-0.25, -0.2) is 8.78 Å². The highest BCUT2D eigenvalue weighted by Crippen LogP contribution is 2.42. The SMILES string of the molecule is CCC(C)(CC)NC(=O)c1ccc2c3c(oc2c1)C(=O)N([C@H]1C[C@@H](OC)C1)C(C)(C(=O)NCc1c(OC)ccc(F)c1F)CO3. The molecule has 12 heteroatoms. The number of nitrogens with one attached hydrogen (secondary N) is 2. The van der Waals surface area contributed by atoms with E-state index in [-0.39, 0.29) is 59.6 Å². The summed E-state index contributed by atoms with van der Waals surface area (Å²) in [7, 11) is 2.89. The average molecular weight is 628 g/mol. The molecule has 2 N–H and O–H groups in total. The number of halogens is 2. The minimum atomic E-state index is -1.56. The Balaban J connectivity index is 1.47.